The van der Waals surface area contributed by atoms with Crippen LogP contribution >= 0.6 is 15.9 Å². The molecule has 1 N–H and O–H groups in total. The largest absolute Gasteiger partial charge is 0.354 e. The predicted molar refractivity (Wildman–Crippen MR) is 106 cm³/mol. The second kappa shape index (κ2) is 8.19. The average molecular weight is 414 g/mol. The smallest absolute Gasteiger partial charge is 0.321 e. The van der Waals surface area contributed by atoms with Crippen molar-refractivity contribution in [3.8, 4) is 11.3 Å². The number of aromatic nitrogens is 1. The third-order valence-electron chi connectivity index (χ3n) is 4.13. The van der Waals surface area contributed by atoms with Gasteiger partial charge in [-0.15, -0.1) is 0 Å². The highest BCUT2D eigenvalue weighted by atomic mass is 79.9. The Kier molecular flexibility index (Phi) is 5.73. The van der Waals surface area contributed by atoms with E-state index in [-0.39, 0.29) is 6.03 Å². The number of nitrogens with one attached hydrogen (secondary N) is 1. The zero-order chi connectivity index (χ0) is 18.5. The van der Waals surface area contributed by atoms with Gasteiger partial charge in [0.05, 0.1) is 0 Å². The number of carbonyl (C=O) groups excluding carboxylic acids is 1. The lowest BCUT2D eigenvalue weighted by molar-refractivity contribution is 0.223. The quantitative estimate of drug-likeness (QED) is 0.631. The van der Waals surface area contributed by atoms with E-state index in [0.717, 1.165) is 16.5 Å². The molecule has 134 valence electrons. The first-order valence-corrected chi connectivity index (χ1v) is 9.12. The van der Waals surface area contributed by atoms with Gasteiger partial charge in [0, 0.05) is 23.6 Å². The number of carbonyl (C=O) groups is 1. The van der Waals surface area contributed by atoms with Gasteiger partial charge in [0.1, 0.15) is 11.4 Å². The summed E-state index contributed by atoms with van der Waals surface area (Å²) in [5, 5.41) is 6.93. The van der Waals surface area contributed by atoms with Gasteiger partial charge in [-0.2, -0.15) is 0 Å². The average Bonchev–Trinajstić information content (AvgIpc) is 3.01. The van der Waals surface area contributed by atoms with E-state index >= 15 is 0 Å². The molecule has 6 heteroatoms. The SMILES string of the molecule is Cc1noc(-c2ccc(Br)cc2)c1NC(=O)N(C)CCc1ccccc1. The van der Waals surface area contributed by atoms with Crippen molar-refractivity contribution in [1.82, 2.24) is 10.1 Å². The third kappa shape index (κ3) is 4.32. The second-order valence-electron chi connectivity index (χ2n) is 6.07. The van der Waals surface area contributed by atoms with Gasteiger partial charge in [0.15, 0.2) is 5.76 Å². The minimum absolute atomic E-state index is 0.189. The number of halogens is 1. The molecule has 3 aromatic rings. The van der Waals surface area contributed by atoms with Crippen LogP contribution in [-0.2, 0) is 6.42 Å². The molecule has 0 aliphatic rings. The number of hydrogen-bond acceptors (Lipinski definition) is 3. The molecule has 0 saturated carbocycles. The van der Waals surface area contributed by atoms with Gasteiger partial charge in [0.25, 0.3) is 0 Å². The fraction of sp³-hybridized carbons (Fsp3) is 0.200. The molecular weight excluding hydrogens is 394 g/mol. The number of urea groups is 1. The lowest BCUT2D eigenvalue weighted by atomic mass is 10.1. The maximum Gasteiger partial charge on any atom is 0.321 e. The van der Waals surface area contributed by atoms with E-state index in [1.54, 1.807) is 11.9 Å². The van der Waals surface area contributed by atoms with Gasteiger partial charge in [0.2, 0.25) is 0 Å². The number of likely N-dealkylation sites (N-methyl/N-ethyl adjacent to an activating group) is 1. The van der Waals surface area contributed by atoms with E-state index in [0.29, 0.717) is 23.7 Å². The van der Waals surface area contributed by atoms with Crippen LogP contribution in [0.25, 0.3) is 11.3 Å². The number of benzene rings is 2. The molecule has 3 rings (SSSR count). The molecule has 0 spiro atoms. The monoisotopic (exact) mass is 413 g/mol. The summed E-state index contributed by atoms with van der Waals surface area (Å²) in [4.78, 5) is 14.2. The van der Waals surface area contributed by atoms with Crippen molar-refractivity contribution >= 4 is 27.6 Å². The van der Waals surface area contributed by atoms with Gasteiger partial charge in [-0.25, -0.2) is 4.79 Å². The van der Waals surface area contributed by atoms with E-state index < -0.39 is 0 Å². The Labute approximate surface area is 161 Å². The Morgan fingerprint density at radius 2 is 1.85 bits per heavy atom. The molecule has 0 atom stereocenters. The van der Waals surface area contributed by atoms with Crippen LogP contribution in [0.4, 0.5) is 10.5 Å². The number of hydrogen-bond donors (Lipinski definition) is 1. The fourth-order valence-electron chi connectivity index (χ4n) is 2.56. The number of aryl methyl sites for hydroxylation is 1. The Hall–Kier alpha value is -2.60. The van der Waals surface area contributed by atoms with Crippen LogP contribution in [0.15, 0.2) is 63.6 Å². The second-order valence-corrected chi connectivity index (χ2v) is 6.98. The number of amides is 2. The Morgan fingerprint density at radius 1 is 1.15 bits per heavy atom. The van der Waals surface area contributed by atoms with Crippen molar-refractivity contribution in [2.45, 2.75) is 13.3 Å². The van der Waals surface area contributed by atoms with Gasteiger partial charge >= 0.3 is 6.03 Å². The lowest BCUT2D eigenvalue weighted by Gasteiger charge is -2.18. The standard InChI is InChI=1S/C20H20BrN3O2/c1-14-18(19(26-23-14)16-8-10-17(21)11-9-16)22-20(25)24(2)13-12-15-6-4-3-5-7-15/h3-11H,12-13H2,1-2H3,(H,22,25). The summed E-state index contributed by atoms with van der Waals surface area (Å²) in [6, 6.07) is 17.6. The molecular formula is C20H20BrN3O2. The minimum atomic E-state index is -0.189. The van der Waals surface area contributed by atoms with Crippen LogP contribution in [0.1, 0.15) is 11.3 Å². The predicted octanol–water partition coefficient (Wildman–Crippen LogP) is 5.12. The van der Waals surface area contributed by atoms with Crippen LogP contribution in [-0.4, -0.2) is 29.7 Å². The molecule has 2 amide bonds. The fourth-order valence-corrected chi connectivity index (χ4v) is 2.82. The van der Waals surface area contributed by atoms with Crippen molar-refractivity contribution < 1.29 is 9.32 Å². The first-order valence-electron chi connectivity index (χ1n) is 8.33. The molecule has 0 bridgehead atoms. The van der Waals surface area contributed by atoms with Crippen molar-refractivity contribution in [2.75, 3.05) is 18.9 Å². The van der Waals surface area contributed by atoms with Gasteiger partial charge in [-0.1, -0.05) is 51.4 Å². The Balaban J connectivity index is 1.69. The molecule has 0 unspecified atom stereocenters. The van der Waals surface area contributed by atoms with Crippen molar-refractivity contribution in [2.24, 2.45) is 0 Å². The molecule has 0 fully saturated rings. The summed E-state index contributed by atoms with van der Waals surface area (Å²) in [6.07, 6.45) is 0.799. The zero-order valence-electron chi connectivity index (χ0n) is 14.7. The normalized spacial score (nSPS) is 10.6. The van der Waals surface area contributed by atoms with Crippen molar-refractivity contribution in [3.63, 3.8) is 0 Å². The van der Waals surface area contributed by atoms with Crippen LogP contribution in [0.3, 0.4) is 0 Å². The molecule has 5 nitrogen and oxygen atoms in total. The molecule has 26 heavy (non-hydrogen) atoms. The third-order valence-corrected chi connectivity index (χ3v) is 4.66. The first-order chi connectivity index (χ1) is 12.5. The Morgan fingerprint density at radius 3 is 2.54 bits per heavy atom. The van der Waals surface area contributed by atoms with Crippen LogP contribution in [0, 0.1) is 6.92 Å². The zero-order valence-corrected chi connectivity index (χ0v) is 16.3. The first kappa shape index (κ1) is 18.2. The van der Waals surface area contributed by atoms with Crippen molar-refractivity contribution in [1.29, 1.82) is 0 Å². The maximum absolute atomic E-state index is 12.6. The van der Waals surface area contributed by atoms with E-state index in [4.69, 9.17) is 4.52 Å². The summed E-state index contributed by atoms with van der Waals surface area (Å²) >= 11 is 3.41. The summed E-state index contributed by atoms with van der Waals surface area (Å²) in [6.45, 7) is 2.43. The number of anilines is 1. The van der Waals surface area contributed by atoms with Crippen LogP contribution in [0.2, 0.25) is 0 Å². The molecule has 1 aromatic heterocycles. The maximum atomic E-state index is 12.6. The molecule has 0 aliphatic heterocycles. The Bertz CT molecular complexity index is 876. The minimum Gasteiger partial charge on any atom is -0.354 e. The summed E-state index contributed by atoms with van der Waals surface area (Å²) in [5.74, 6) is 0.555. The van der Waals surface area contributed by atoms with E-state index in [2.05, 4.69) is 38.5 Å². The molecule has 0 radical (unpaired) electrons. The van der Waals surface area contributed by atoms with E-state index in [9.17, 15) is 4.79 Å². The van der Waals surface area contributed by atoms with E-state index in [1.165, 1.54) is 5.56 Å². The van der Waals surface area contributed by atoms with Gasteiger partial charge < -0.3 is 14.7 Å². The van der Waals surface area contributed by atoms with Gasteiger partial charge in [-0.3, -0.25) is 0 Å². The summed E-state index contributed by atoms with van der Waals surface area (Å²) in [7, 11) is 1.78. The molecule has 0 saturated heterocycles. The highest BCUT2D eigenvalue weighted by molar-refractivity contribution is 9.10. The van der Waals surface area contributed by atoms with Gasteiger partial charge in [-0.05, 0) is 43.2 Å². The van der Waals surface area contributed by atoms with Crippen molar-refractivity contribution in [3.05, 3.63) is 70.3 Å². The highest BCUT2D eigenvalue weighted by Crippen LogP contribution is 2.31. The topological polar surface area (TPSA) is 58.4 Å². The molecule has 1 heterocycles. The van der Waals surface area contributed by atoms with E-state index in [1.807, 2.05) is 49.4 Å². The highest BCUT2D eigenvalue weighted by Gasteiger charge is 2.19. The summed E-state index contributed by atoms with van der Waals surface area (Å²) < 4.78 is 6.41. The molecule has 2 aromatic carbocycles. The van der Waals surface area contributed by atoms with Crippen LogP contribution < -0.4 is 5.32 Å². The lowest BCUT2D eigenvalue weighted by Crippen LogP contribution is -2.33. The summed E-state index contributed by atoms with van der Waals surface area (Å²) in [5.41, 5.74) is 3.30. The number of nitrogens with zero attached hydrogens (tertiary/aromatic N) is 2. The number of rotatable bonds is 5. The van der Waals surface area contributed by atoms with Crippen LogP contribution in [0.5, 0.6) is 0 Å². The molecule has 0 aliphatic carbocycles.